The number of guanidine groups is 1. The summed E-state index contributed by atoms with van der Waals surface area (Å²) in [7, 11) is 4.18. The van der Waals surface area contributed by atoms with Crippen LogP contribution in [-0.4, -0.2) is 45.7 Å². The van der Waals surface area contributed by atoms with Crippen LogP contribution in [0.5, 0.6) is 0 Å². The quantitative estimate of drug-likeness (QED) is 0.572. The maximum absolute atomic E-state index is 4.88. The first-order valence-electron chi connectivity index (χ1n) is 10.2. The summed E-state index contributed by atoms with van der Waals surface area (Å²) in [6.45, 7) is 7.99. The van der Waals surface area contributed by atoms with E-state index in [0.29, 0.717) is 12.6 Å². The number of hydrogen-bond acceptors (Lipinski definition) is 4. The van der Waals surface area contributed by atoms with Gasteiger partial charge in [0, 0.05) is 45.5 Å². The summed E-state index contributed by atoms with van der Waals surface area (Å²) < 4.78 is 0. The van der Waals surface area contributed by atoms with Gasteiger partial charge in [-0.1, -0.05) is 12.1 Å². The number of anilines is 2. The number of benzene rings is 1. The van der Waals surface area contributed by atoms with Crippen molar-refractivity contribution < 1.29 is 0 Å². The molecule has 5 nitrogen and oxygen atoms in total. The van der Waals surface area contributed by atoms with Crippen LogP contribution in [-0.2, 0) is 6.54 Å². The van der Waals surface area contributed by atoms with E-state index in [4.69, 9.17) is 4.99 Å². The highest BCUT2D eigenvalue weighted by Crippen LogP contribution is 2.25. The zero-order chi connectivity index (χ0) is 19.9. The van der Waals surface area contributed by atoms with E-state index in [1.54, 1.807) is 0 Å². The fourth-order valence-electron chi connectivity index (χ4n) is 3.60. The Kier molecular flexibility index (Phi) is 7.20. The highest BCUT2D eigenvalue weighted by atomic mass is 32.1. The monoisotopic (exact) mass is 399 g/mol. The Morgan fingerprint density at radius 3 is 2.68 bits per heavy atom. The summed E-state index contributed by atoms with van der Waals surface area (Å²) in [6.07, 6.45) is 2.27. The predicted octanol–water partition coefficient (Wildman–Crippen LogP) is 3.85. The van der Waals surface area contributed by atoms with Crippen molar-refractivity contribution in [3.63, 3.8) is 0 Å². The zero-order valence-corrected chi connectivity index (χ0v) is 18.4. The van der Waals surface area contributed by atoms with E-state index in [-0.39, 0.29) is 0 Å². The van der Waals surface area contributed by atoms with Crippen LogP contribution in [0.2, 0.25) is 0 Å². The third-order valence-electron chi connectivity index (χ3n) is 5.13. The van der Waals surface area contributed by atoms with Gasteiger partial charge in [0.2, 0.25) is 0 Å². The molecule has 0 atom stereocenters. The highest BCUT2D eigenvalue weighted by molar-refractivity contribution is 7.14. The second kappa shape index (κ2) is 9.82. The van der Waals surface area contributed by atoms with Gasteiger partial charge in [0.1, 0.15) is 0 Å². The Morgan fingerprint density at radius 2 is 2.04 bits per heavy atom. The van der Waals surface area contributed by atoms with Crippen LogP contribution in [0.15, 0.2) is 40.7 Å². The highest BCUT2D eigenvalue weighted by Gasteiger charge is 2.20. The summed E-state index contributed by atoms with van der Waals surface area (Å²) in [5, 5.41) is 10.6. The molecule has 1 aliphatic rings. The second-order valence-corrected chi connectivity index (χ2v) is 8.50. The standard InChI is InChI=1S/C22H33N5S/c1-5-23-22(24-16-18-9-8-17(2)15-20(18)26(3)4)25-19-10-12-27(13-11-19)21-7-6-14-28-21/h6-9,14-15,19H,5,10-13,16H2,1-4H3,(H2,23,24,25). The SMILES string of the molecule is CCNC(=NCc1ccc(C)cc1N(C)C)NC1CCN(c2cccs2)CC1. The number of hydrogen-bond donors (Lipinski definition) is 2. The maximum Gasteiger partial charge on any atom is 0.191 e. The molecule has 0 amide bonds. The van der Waals surface area contributed by atoms with Crippen LogP contribution in [0, 0.1) is 6.92 Å². The van der Waals surface area contributed by atoms with Gasteiger partial charge in [-0.3, -0.25) is 0 Å². The van der Waals surface area contributed by atoms with Gasteiger partial charge < -0.3 is 20.4 Å². The largest absolute Gasteiger partial charge is 0.377 e. The molecule has 0 radical (unpaired) electrons. The molecular formula is C22H33N5S. The minimum absolute atomic E-state index is 0.473. The normalized spacial score (nSPS) is 15.6. The first kappa shape index (κ1) is 20.5. The fourth-order valence-corrected chi connectivity index (χ4v) is 4.38. The van der Waals surface area contributed by atoms with Crippen molar-refractivity contribution in [1.82, 2.24) is 10.6 Å². The van der Waals surface area contributed by atoms with E-state index < -0.39 is 0 Å². The Hall–Kier alpha value is -2.21. The summed E-state index contributed by atoms with van der Waals surface area (Å²) >= 11 is 1.83. The molecule has 28 heavy (non-hydrogen) atoms. The van der Waals surface area contributed by atoms with Gasteiger partial charge in [0.05, 0.1) is 11.5 Å². The Labute approximate surface area is 173 Å². The number of thiophene rings is 1. The number of rotatable bonds is 6. The molecule has 0 saturated carbocycles. The molecule has 2 heterocycles. The molecule has 1 aromatic carbocycles. The minimum Gasteiger partial charge on any atom is -0.377 e. The summed E-state index contributed by atoms with van der Waals surface area (Å²) in [4.78, 5) is 9.53. The van der Waals surface area contributed by atoms with Gasteiger partial charge in [-0.25, -0.2) is 4.99 Å². The van der Waals surface area contributed by atoms with Crippen molar-refractivity contribution in [2.45, 2.75) is 39.3 Å². The van der Waals surface area contributed by atoms with E-state index in [2.05, 4.69) is 84.1 Å². The molecular weight excluding hydrogens is 366 g/mol. The van der Waals surface area contributed by atoms with Crippen LogP contribution in [0.25, 0.3) is 0 Å². The fraction of sp³-hybridized carbons (Fsp3) is 0.500. The van der Waals surface area contributed by atoms with Crippen LogP contribution < -0.4 is 20.4 Å². The van der Waals surface area contributed by atoms with Crippen molar-refractivity contribution in [3.8, 4) is 0 Å². The Morgan fingerprint density at radius 1 is 1.25 bits per heavy atom. The lowest BCUT2D eigenvalue weighted by Crippen LogP contribution is -2.48. The zero-order valence-electron chi connectivity index (χ0n) is 17.5. The molecule has 2 N–H and O–H groups in total. The number of nitrogens with zero attached hydrogens (tertiary/aromatic N) is 3. The first-order chi connectivity index (χ1) is 13.6. The summed E-state index contributed by atoms with van der Waals surface area (Å²) in [5.41, 5.74) is 3.77. The molecule has 0 aliphatic carbocycles. The van der Waals surface area contributed by atoms with E-state index in [9.17, 15) is 0 Å². The van der Waals surface area contributed by atoms with Crippen LogP contribution >= 0.6 is 11.3 Å². The average Bonchev–Trinajstić information content (AvgIpc) is 3.22. The van der Waals surface area contributed by atoms with Crippen molar-refractivity contribution >= 4 is 28.0 Å². The number of aliphatic imine (C=N–C) groups is 1. The van der Waals surface area contributed by atoms with Gasteiger partial charge >= 0.3 is 0 Å². The van der Waals surface area contributed by atoms with E-state index in [1.807, 2.05) is 11.3 Å². The molecule has 1 aliphatic heterocycles. The number of nitrogens with one attached hydrogen (secondary N) is 2. The van der Waals surface area contributed by atoms with Crippen LogP contribution in [0.1, 0.15) is 30.9 Å². The molecule has 6 heteroatoms. The Bertz CT molecular complexity index is 761. The first-order valence-corrected chi connectivity index (χ1v) is 11.0. The third-order valence-corrected chi connectivity index (χ3v) is 6.06. The van der Waals surface area contributed by atoms with E-state index >= 15 is 0 Å². The third kappa shape index (κ3) is 5.41. The lowest BCUT2D eigenvalue weighted by molar-refractivity contribution is 0.463. The topological polar surface area (TPSA) is 42.9 Å². The van der Waals surface area contributed by atoms with Gasteiger partial charge in [0.25, 0.3) is 0 Å². The predicted molar refractivity (Wildman–Crippen MR) is 123 cm³/mol. The summed E-state index contributed by atoms with van der Waals surface area (Å²) in [5.74, 6) is 0.919. The molecule has 2 aromatic rings. The van der Waals surface area contributed by atoms with Crippen molar-refractivity contribution in [2.24, 2.45) is 4.99 Å². The van der Waals surface area contributed by atoms with Crippen LogP contribution in [0.4, 0.5) is 10.7 Å². The Balaban J connectivity index is 1.61. The molecule has 0 spiro atoms. The molecule has 3 rings (SSSR count). The van der Waals surface area contributed by atoms with Gasteiger partial charge in [-0.2, -0.15) is 0 Å². The number of piperidine rings is 1. The van der Waals surface area contributed by atoms with Crippen molar-refractivity contribution in [3.05, 3.63) is 46.8 Å². The van der Waals surface area contributed by atoms with E-state index in [0.717, 1.165) is 38.4 Å². The lowest BCUT2D eigenvalue weighted by Gasteiger charge is -2.33. The van der Waals surface area contributed by atoms with Gasteiger partial charge in [-0.15, -0.1) is 11.3 Å². The summed E-state index contributed by atoms with van der Waals surface area (Å²) in [6, 6.07) is 11.4. The second-order valence-electron chi connectivity index (χ2n) is 7.58. The smallest absolute Gasteiger partial charge is 0.191 e. The molecule has 1 fully saturated rings. The molecule has 1 saturated heterocycles. The van der Waals surface area contributed by atoms with E-state index in [1.165, 1.54) is 21.8 Å². The lowest BCUT2D eigenvalue weighted by atomic mass is 10.1. The molecule has 1 aromatic heterocycles. The molecule has 152 valence electrons. The molecule has 0 bridgehead atoms. The molecule has 0 unspecified atom stereocenters. The van der Waals surface area contributed by atoms with Crippen molar-refractivity contribution in [2.75, 3.05) is 43.5 Å². The number of aryl methyl sites for hydroxylation is 1. The minimum atomic E-state index is 0.473. The van der Waals surface area contributed by atoms with Gasteiger partial charge in [0.15, 0.2) is 5.96 Å². The van der Waals surface area contributed by atoms with Crippen LogP contribution in [0.3, 0.4) is 0 Å². The maximum atomic E-state index is 4.88. The van der Waals surface area contributed by atoms with Crippen molar-refractivity contribution in [1.29, 1.82) is 0 Å². The average molecular weight is 400 g/mol. The van der Waals surface area contributed by atoms with Gasteiger partial charge in [-0.05, 0) is 61.4 Å².